The molecule has 0 radical (unpaired) electrons. The van der Waals surface area contributed by atoms with E-state index in [2.05, 4.69) is 29.6 Å². The molecule has 4 heteroatoms. The Morgan fingerprint density at radius 3 is 2.52 bits per heavy atom. The first-order chi connectivity index (χ1) is 11.1. The minimum absolute atomic E-state index is 0.0879. The third-order valence-electron chi connectivity index (χ3n) is 3.51. The first-order valence-corrected chi connectivity index (χ1v) is 7.81. The smallest absolute Gasteiger partial charge is 0.236 e. The van der Waals surface area contributed by atoms with Crippen molar-refractivity contribution in [1.82, 2.24) is 10.2 Å². The molecule has 0 aliphatic carbocycles. The van der Waals surface area contributed by atoms with Crippen molar-refractivity contribution in [2.24, 2.45) is 0 Å². The van der Waals surface area contributed by atoms with Gasteiger partial charge in [-0.05, 0) is 36.2 Å². The molecule has 0 bridgehead atoms. The molecular weight excluding hydrogens is 288 g/mol. The maximum atomic E-state index is 11.5. The molecule has 2 aromatic carbocycles. The van der Waals surface area contributed by atoms with Crippen LogP contribution in [0.25, 0.3) is 0 Å². The van der Waals surface area contributed by atoms with Gasteiger partial charge in [0.25, 0.3) is 0 Å². The Labute approximate surface area is 138 Å². The fraction of sp³-hybridized carbons (Fsp3) is 0.316. The van der Waals surface area contributed by atoms with E-state index in [4.69, 9.17) is 4.74 Å². The molecule has 0 fully saturated rings. The van der Waals surface area contributed by atoms with E-state index in [0.717, 1.165) is 24.3 Å². The van der Waals surface area contributed by atoms with E-state index in [1.165, 1.54) is 5.56 Å². The van der Waals surface area contributed by atoms with Crippen molar-refractivity contribution in [3.63, 3.8) is 0 Å². The van der Waals surface area contributed by atoms with Gasteiger partial charge in [0.2, 0.25) is 5.91 Å². The fourth-order valence-corrected chi connectivity index (χ4v) is 2.12. The van der Waals surface area contributed by atoms with Gasteiger partial charge in [0.15, 0.2) is 0 Å². The van der Waals surface area contributed by atoms with Crippen molar-refractivity contribution in [3.8, 4) is 5.75 Å². The molecule has 2 rings (SSSR count). The molecule has 0 spiro atoms. The topological polar surface area (TPSA) is 41.6 Å². The summed E-state index contributed by atoms with van der Waals surface area (Å²) >= 11 is 0. The summed E-state index contributed by atoms with van der Waals surface area (Å²) in [5, 5.41) is 3.16. The Bertz CT molecular complexity index is 612. The molecule has 1 amide bonds. The number of nitrogens with zero attached hydrogens (tertiary/aromatic N) is 1. The highest BCUT2D eigenvalue weighted by Crippen LogP contribution is 2.15. The van der Waals surface area contributed by atoms with Gasteiger partial charge in [-0.2, -0.15) is 0 Å². The van der Waals surface area contributed by atoms with Crippen LogP contribution in [0.15, 0.2) is 54.6 Å². The van der Waals surface area contributed by atoms with Crippen LogP contribution in [-0.4, -0.2) is 38.0 Å². The number of carbonyl (C=O) groups is 1. The lowest BCUT2D eigenvalue weighted by Gasteiger charge is -2.11. The van der Waals surface area contributed by atoms with E-state index >= 15 is 0 Å². The lowest BCUT2D eigenvalue weighted by Crippen LogP contribution is -2.33. The van der Waals surface area contributed by atoms with Gasteiger partial charge < -0.3 is 15.0 Å². The van der Waals surface area contributed by atoms with Gasteiger partial charge in [0.1, 0.15) is 12.4 Å². The van der Waals surface area contributed by atoms with E-state index < -0.39 is 0 Å². The molecule has 0 aromatic heterocycles. The number of hydrogen-bond donors (Lipinski definition) is 1. The maximum Gasteiger partial charge on any atom is 0.236 e. The predicted octanol–water partition coefficient (Wildman–Crippen LogP) is 2.49. The number of hydrogen-bond acceptors (Lipinski definition) is 3. The van der Waals surface area contributed by atoms with Crippen molar-refractivity contribution in [2.75, 3.05) is 27.2 Å². The quantitative estimate of drug-likeness (QED) is 0.762. The van der Waals surface area contributed by atoms with Gasteiger partial charge >= 0.3 is 0 Å². The van der Waals surface area contributed by atoms with Gasteiger partial charge in [0.05, 0.1) is 6.54 Å². The zero-order valence-corrected chi connectivity index (χ0v) is 13.8. The molecule has 4 nitrogen and oxygen atoms in total. The van der Waals surface area contributed by atoms with Gasteiger partial charge in [-0.15, -0.1) is 0 Å². The van der Waals surface area contributed by atoms with Crippen molar-refractivity contribution in [2.45, 2.75) is 13.0 Å². The lowest BCUT2D eigenvalue weighted by molar-refractivity contribution is -0.127. The Morgan fingerprint density at radius 2 is 1.78 bits per heavy atom. The monoisotopic (exact) mass is 312 g/mol. The fourth-order valence-electron chi connectivity index (χ4n) is 2.12. The summed E-state index contributed by atoms with van der Waals surface area (Å²) in [5.74, 6) is 0.959. The normalized spacial score (nSPS) is 10.3. The second-order valence-electron chi connectivity index (χ2n) is 5.64. The van der Waals surface area contributed by atoms with Crippen LogP contribution in [-0.2, 0) is 17.8 Å². The Balaban J connectivity index is 1.77. The summed E-state index contributed by atoms with van der Waals surface area (Å²) in [5.41, 5.74) is 2.35. The minimum atomic E-state index is 0.0879. The average molecular weight is 312 g/mol. The van der Waals surface area contributed by atoms with Crippen LogP contribution in [0.4, 0.5) is 0 Å². The van der Waals surface area contributed by atoms with E-state index in [9.17, 15) is 4.79 Å². The van der Waals surface area contributed by atoms with Crippen molar-refractivity contribution in [1.29, 1.82) is 0 Å². The van der Waals surface area contributed by atoms with E-state index in [0.29, 0.717) is 13.2 Å². The van der Waals surface area contributed by atoms with E-state index in [1.54, 1.807) is 19.0 Å². The first-order valence-electron chi connectivity index (χ1n) is 7.81. The average Bonchev–Trinajstić information content (AvgIpc) is 2.58. The number of benzene rings is 2. The SMILES string of the molecule is CN(C)C(=O)CNCCc1cccc(OCc2ccccc2)c1. The number of nitrogens with one attached hydrogen (secondary N) is 1. The Hall–Kier alpha value is -2.33. The van der Waals surface area contributed by atoms with Gasteiger partial charge in [-0.1, -0.05) is 42.5 Å². The van der Waals surface area contributed by atoms with Crippen LogP contribution in [0.3, 0.4) is 0 Å². The summed E-state index contributed by atoms with van der Waals surface area (Å²) in [7, 11) is 3.52. The third-order valence-corrected chi connectivity index (χ3v) is 3.51. The van der Waals surface area contributed by atoms with Crippen molar-refractivity contribution >= 4 is 5.91 Å². The number of ether oxygens (including phenoxy) is 1. The summed E-state index contributed by atoms with van der Waals surface area (Å²) in [6, 6.07) is 18.2. The van der Waals surface area contributed by atoms with Crippen molar-refractivity contribution in [3.05, 3.63) is 65.7 Å². The highest BCUT2D eigenvalue weighted by Gasteiger charge is 2.03. The largest absolute Gasteiger partial charge is 0.489 e. The number of carbonyl (C=O) groups excluding carboxylic acids is 1. The van der Waals surface area contributed by atoms with E-state index in [1.807, 2.05) is 30.3 Å². The van der Waals surface area contributed by atoms with E-state index in [-0.39, 0.29) is 5.91 Å². The van der Waals surface area contributed by atoms with Gasteiger partial charge in [0, 0.05) is 14.1 Å². The molecule has 0 unspecified atom stereocenters. The maximum absolute atomic E-state index is 11.5. The molecule has 0 aliphatic heterocycles. The summed E-state index contributed by atoms with van der Waals surface area (Å²) in [6.45, 7) is 1.71. The summed E-state index contributed by atoms with van der Waals surface area (Å²) in [6.07, 6.45) is 0.864. The second kappa shape index (κ2) is 8.96. The Kier molecular flexibility index (Phi) is 6.63. The molecule has 0 saturated carbocycles. The molecule has 0 aliphatic rings. The van der Waals surface area contributed by atoms with Crippen LogP contribution in [0.1, 0.15) is 11.1 Å². The lowest BCUT2D eigenvalue weighted by atomic mass is 10.1. The highest BCUT2D eigenvalue weighted by atomic mass is 16.5. The molecular formula is C19H24N2O2. The van der Waals surface area contributed by atoms with Crippen LogP contribution in [0.5, 0.6) is 5.75 Å². The van der Waals surface area contributed by atoms with Crippen LogP contribution >= 0.6 is 0 Å². The minimum Gasteiger partial charge on any atom is -0.489 e. The van der Waals surface area contributed by atoms with Crippen LogP contribution in [0, 0.1) is 0 Å². The van der Waals surface area contributed by atoms with Crippen LogP contribution in [0.2, 0.25) is 0 Å². The molecule has 0 atom stereocenters. The highest BCUT2D eigenvalue weighted by molar-refractivity contribution is 5.77. The molecule has 0 heterocycles. The second-order valence-corrected chi connectivity index (χ2v) is 5.64. The van der Waals surface area contributed by atoms with Crippen LogP contribution < -0.4 is 10.1 Å². The number of rotatable bonds is 8. The molecule has 1 N–H and O–H groups in total. The standard InChI is InChI=1S/C19H24N2O2/c1-21(2)19(22)14-20-12-11-16-9-6-10-18(13-16)23-15-17-7-4-3-5-8-17/h3-10,13,20H,11-12,14-15H2,1-2H3. The van der Waals surface area contributed by atoms with Gasteiger partial charge in [-0.3, -0.25) is 4.79 Å². The van der Waals surface area contributed by atoms with Crippen molar-refractivity contribution < 1.29 is 9.53 Å². The number of likely N-dealkylation sites (N-methyl/N-ethyl adjacent to an activating group) is 1. The summed E-state index contributed by atoms with van der Waals surface area (Å²) < 4.78 is 5.83. The first kappa shape index (κ1) is 17.0. The predicted molar refractivity (Wildman–Crippen MR) is 92.5 cm³/mol. The summed E-state index contributed by atoms with van der Waals surface area (Å²) in [4.78, 5) is 13.1. The number of amides is 1. The Morgan fingerprint density at radius 1 is 1.04 bits per heavy atom. The zero-order chi connectivity index (χ0) is 16.5. The zero-order valence-electron chi connectivity index (χ0n) is 13.8. The van der Waals surface area contributed by atoms with Gasteiger partial charge in [-0.25, -0.2) is 0 Å². The molecule has 122 valence electrons. The third kappa shape index (κ3) is 6.12. The molecule has 2 aromatic rings. The molecule has 23 heavy (non-hydrogen) atoms. The molecule has 0 saturated heterocycles.